The number of hydrogen-bond acceptors (Lipinski definition) is 3. The summed E-state index contributed by atoms with van der Waals surface area (Å²) in [6.07, 6.45) is -8.45. The van der Waals surface area contributed by atoms with Gasteiger partial charge in [0.15, 0.2) is 0 Å². The normalized spacial score (nSPS) is 11.7. The molecule has 0 amide bonds. The van der Waals surface area contributed by atoms with E-state index in [1.54, 1.807) is 0 Å². The standard InChI is InChI=1S/C9H5ClF5NO3/c10-2-4-6(8(17)18)3(7(11)12)1-5(16-4)19-9(13,14)15/h1,7H,2H2,(H,17,18). The van der Waals surface area contributed by atoms with E-state index in [2.05, 4.69) is 9.72 Å². The third-order valence-electron chi connectivity index (χ3n) is 1.90. The number of aromatic nitrogens is 1. The maximum atomic E-state index is 12.6. The number of carbonyl (C=O) groups is 1. The molecule has 1 aromatic heterocycles. The summed E-state index contributed by atoms with van der Waals surface area (Å²) in [7, 11) is 0. The lowest BCUT2D eigenvalue weighted by Crippen LogP contribution is -2.19. The van der Waals surface area contributed by atoms with Crippen LogP contribution in [0.3, 0.4) is 0 Å². The Kier molecular flexibility index (Phi) is 4.51. The van der Waals surface area contributed by atoms with E-state index in [9.17, 15) is 26.7 Å². The maximum absolute atomic E-state index is 12.6. The molecule has 0 saturated heterocycles. The first-order chi connectivity index (χ1) is 8.65. The molecule has 0 fully saturated rings. The van der Waals surface area contributed by atoms with Crippen LogP contribution < -0.4 is 4.74 Å². The lowest BCUT2D eigenvalue weighted by atomic mass is 10.1. The van der Waals surface area contributed by atoms with Crippen molar-refractivity contribution < 1.29 is 36.6 Å². The molecule has 0 aliphatic rings. The molecule has 1 heterocycles. The number of carboxylic acid groups (broad SMARTS) is 1. The van der Waals surface area contributed by atoms with Crippen LogP contribution in [0, 0.1) is 0 Å². The van der Waals surface area contributed by atoms with Crippen molar-refractivity contribution in [1.29, 1.82) is 0 Å². The van der Waals surface area contributed by atoms with Crippen molar-refractivity contribution in [3.63, 3.8) is 0 Å². The second-order valence-electron chi connectivity index (χ2n) is 3.16. The van der Waals surface area contributed by atoms with Gasteiger partial charge in [0.05, 0.1) is 17.1 Å². The van der Waals surface area contributed by atoms with Crippen LogP contribution in [0.4, 0.5) is 22.0 Å². The topological polar surface area (TPSA) is 59.4 Å². The molecule has 0 aliphatic heterocycles. The highest BCUT2D eigenvalue weighted by Gasteiger charge is 2.33. The van der Waals surface area contributed by atoms with Crippen LogP contribution in [-0.4, -0.2) is 22.4 Å². The molecule has 0 aromatic carbocycles. The third kappa shape index (κ3) is 3.91. The monoisotopic (exact) mass is 305 g/mol. The van der Waals surface area contributed by atoms with Gasteiger partial charge < -0.3 is 9.84 Å². The minimum atomic E-state index is -5.14. The largest absolute Gasteiger partial charge is 0.574 e. The molecule has 0 atom stereocenters. The zero-order valence-electron chi connectivity index (χ0n) is 8.84. The number of rotatable bonds is 4. The summed E-state index contributed by atoms with van der Waals surface area (Å²) in [4.78, 5) is 14.0. The van der Waals surface area contributed by atoms with Gasteiger partial charge in [0.2, 0.25) is 5.88 Å². The molecule has 0 unspecified atom stereocenters. The zero-order chi connectivity index (χ0) is 14.8. The molecule has 10 heteroatoms. The number of halogens is 6. The Hall–Kier alpha value is -1.64. The third-order valence-corrected chi connectivity index (χ3v) is 2.15. The van der Waals surface area contributed by atoms with E-state index in [0.29, 0.717) is 0 Å². The Morgan fingerprint density at radius 3 is 2.42 bits per heavy atom. The second kappa shape index (κ2) is 5.55. The Bertz CT molecular complexity index is 491. The fraction of sp³-hybridized carbons (Fsp3) is 0.333. The first kappa shape index (κ1) is 15.4. The van der Waals surface area contributed by atoms with Crippen LogP contribution in [0.25, 0.3) is 0 Å². The van der Waals surface area contributed by atoms with Crippen LogP contribution in [0.5, 0.6) is 5.88 Å². The SMILES string of the molecule is O=C(O)c1c(C(F)F)cc(OC(F)(F)F)nc1CCl. The average Bonchev–Trinajstić information content (AvgIpc) is 2.24. The minimum absolute atomic E-state index is 0.220. The molecular weight excluding hydrogens is 301 g/mol. The van der Waals surface area contributed by atoms with Gasteiger partial charge in [0.1, 0.15) is 0 Å². The van der Waals surface area contributed by atoms with Crippen LogP contribution in [0.1, 0.15) is 28.0 Å². The Morgan fingerprint density at radius 1 is 1.47 bits per heavy atom. The lowest BCUT2D eigenvalue weighted by Gasteiger charge is -2.13. The van der Waals surface area contributed by atoms with Crippen LogP contribution >= 0.6 is 11.6 Å². The smallest absolute Gasteiger partial charge is 0.478 e. The highest BCUT2D eigenvalue weighted by molar-refractivity contribution is 6.17. The van der Waals surface area contributed by atoms with Crippen LogP contribution in [0.2, 0.25) is 0 Å². The fourth-order valence-electron chi connectivity index (χ4n) is 1.28. The molecule has 1 N–H and O–H groups in total. The molecule has 0 radical (unpaired) electrons. The highest BCUT2D eigenvalue weighted by Crippen LogP contribution is 2.31. The molecule has 19 heavy (non-hydrogen) atoms. The summed E-state index contributed by atoms with van der Waals surface area (Å²) in [5, 5.41) is 8.75. The summed E-state index contributed by atoms with van der Waals surface area (Å²) in [6.45, 7) is 0. The number of ether oxygens (including phenoxy) is 1. The number of alkyl halides is 6. The van der Waals surface area contributed by atoms with Gasteiger partial charge in [-0.15, -0.1) is 24.8 Å². The van der Waals surface area contributed by atoms with Crippen molar-refractivity contribution in [2.24, 2.45) is 0 Å². The number of aromatic carboxylic acids is 1. The highest BCUT2D eigenvalue weighted by atomic mass is 35.5. The molecule has 0 spiro atoms. The summed E-state index contributed by atoms with van der Waals surface area (Å²) < 4.78 is 64.6. The molecule has 0 aliphatic carbocycles. The minimum Gasteiger partial charge on any atom is -0.478 e. The zero-order valence-corrected chi connectivity index (χ0v) is 9.60. The van der Waals surface area contributed by atoms with Crippen LogP contribution in [0.15, 0.2) is 6.07 Å². The summed E-state index contributed by atoms with van der Waals surface area (Å²) >= 11 is 5.29. The number of hydrogen-bond donors (Lipinski definition) is 1. The number of pyridine rings is 1. The Balaban J connectivity index is 3.40. The molecule has 0 bridgehead atoms. The summed E-state index contributed by atoms with van der Waals surface area (Å²) in [5.41, 5.74) is -2.71. The van der Waals surface area contributed by atoms with Gasteiger partial charge >= 0.3 is 12.3 Å². The van der Waals surface area contributed by atoms with E-state index in [1.165, 1.54) is 0 Å². The molecule has 4 nitrogen and oxygen atoms in total. The molecule has 1 rings (SSSR count). The predicted molar refractivity (Wildman–Crippen MR) is 52.4 cm³/mol. The molecule has 0 saturated carbocycles. The number of carboxylic acids is 1. The second-order valence-corrected chi connectivity index (χ2v) is 3.43. The quantitative estimate of drug-likeness (QED) is 0.684. The average molecular weight is 306 g/mol. The van der Waals surface area contributed by atoms with Gasteiger partial charge in [-0.1, -0.05) is 0 Å². The van der Waals surface area contributed by atoms with E-state index in [4.69, 9.17) is 16.7 Å². The van der Waals surface area contributed by atoms with Gasteiger partial charge in [-0.2, -0.15) is 0 Å². The predicted octanol–water partition coefficient (Wildman–Crippen LogP) is 3.35. The first-order valence-electron chi connectivity index (χ1n) is 4.52. The molecule has 106 valence electrons. The Morgan fingerprint density at radius 2 is 2.05 bits per heavy atom. The lowest BCUT2D eigenvalue weighted by molar-refractivity contribution is -0.276. The van der Waals surface area contributed by atoms with Crippen molar-refractivity contribution in [2.75, 3.05) is 0 Å². The van der Waals surface area contributed by atoms with E-state index in [-0.39, 0.29) is 6.07 Å². The van der Waals surface area contributed by atoms with Crippen molar-refractivity contribution in [1.82, 2.24) is 4.98 Å². The van der Waals surface area contributed by atoms with Gasteiger partial charge in [-0.25, -0.2) is 18.6 Å². The van der Waals surface area contributed by atoms with E-state index in [0.717, 1.165) is 0 Å². The van der Waals surface area contributed by atoms with Crippen molar-refractivity contribution in [3.05, 3.63) is 22.9 Å². The van der Waals surface area contributed by atoms with E-state index < -0.39 is 47.3 Å². The summed E-state index contributed by atoms with van der Waals surface area (Å²) in [5.74, 6) is -3.61. The van der Waals surface area contributed by atoms with Gasteiger partial charge in [-0.05, 0) is 0 Å². The Labute approximate surface area is 107 Å². The van der Waals surface area contributed by atoms with Gasteiger partial charge in [-0.3, -0.25) is 0 Å². The molecular formula is C9H5ClF5NO3. The number of nitrogens with zero attached hydrogens (tertiary/aromatic N) is 1. The van der Waals surface area contributed by atoms with Gasteiger partial charge in [0.25, 0.3) is 6.43 Å². The van der Waals surface area contributed by atoms with E-state index in [1.807, 2.05) is 0 Å². The first-order valence-corrected chi connectivity index (χ1v) is 5.06. The van der Waals surface area contributed by atoms with Crippen molar-refractivity contribution >= 4 is 17.6 Å². The maximum Gasteiger partial charge on any atom is 0.574 e. The van der Waals surface area contributed by atoms with Crippen LogP contribution in [-0.2, 0) is 5.88 Å². The van der Waals surface area contributed by atoms with Gasteiger partial charge in [0, 0.05) is 11.6 Å². The van der Waals surface area contributed by atoms with Crippen molar-refractivity contribution in [3.8, 4) is 5.88 Å². The summed E-state index contributed by atoms with van der Waals surface area (Å²) in [6, 6.07) is 0.220. The van der Waals surface area contributed by atoms with E-state index >= 15 is 0 Å². The van der Waals surface area contributed by atoms with Crippen molar-refractivity contribution in [2.45, 2.75) is 18.7 Å². The molecule has 1 aromatic rings. The fourth-order valence-corrected chi connectivity index (χ4v) is 1.47.